The van der Waals surface area contributed by atoms with Gasteiger partial charge in [-0.15, -0.1) is 13.2 Å². The molecule has 0 saturated carbocycles. The zero-order chi connectivity index (χ0) is 26.9. The van der Waals surface area contributed by atoms with Gasteiger partial charge in [0.05, 0.1) is 11.4 Å². The summed E-state index contributed by atoms with van der Waals surface area (Å²) in [5, 5.41) is 14.0. The molecule has 12 heteroatoms. The number of amides is 1. The monoisotopic (exact) mass is 508 g/mol. The molecule has 0 heterocycles. The van der Waals surface area contributed by atoms with Gasteiger partial charge in [0.1, 0.15) is 26.6 Å². The Morgan fingerprint density at radius 3 is 2.28 bits per heavy atom. The van der Waals surface area contributed by atoms with E-state index in [4.69, 9.17) is 9.68 Å². The minimum absolute atomic E-state index is 0.0348. The molecule has 0 radical (unpaired) electrons. The fourth-order valence-electron chi connectivity index (χ4n) is 3.23. The van der Waals surface area contributed by atoms with Crippen molar-refractivity contribution in [2.24, 2.45) is 15.5 Å². The summed E-state index contributed by atoms with van der Waals surface area (Å²) < 4.78 is 43.4. The SMILES string of the molecule is CNC(=O)/C(=N/OC)c1cccc(C)c1CO/N=C(\C)c1ccc(/C(C)=N\OC)cc1OC(F)(F)F. The first kappa shape index (κ1) is 28.1. The second-order valence-corrected chi connectivity index (χ2v) is 7.37. The summed E-state index contributed by atoms with van der Waals surface area (Å²) in [6, 6.07) is 9.40. The maximum Gasteiger partial charge on any atom is 0.573 e. The fraction of sp³-hybridized carbons (Fsp3) is 0.333. The summed E-state index contributed by atoms with van der Waals surface area (Å²) in [5.74, 6) is -0.939. The molecular weight excluding hydrogens is 481 g/mol. The highest BCUT2D eigenvalue weighted by molar-refractivity contribution is 6.45. The maximum absolute atomic E-state index is 13.1. The Balaban J connectivity index is 2.40. The lowest BCUT2D eigenvalue weighted by atomic mass is 9.98. The van der Waals surface area contributed by atoms with Gasteiger partial charge in [0.15, 0.2) is 5.71 Å². The van der Waals surface area contributed by atoms with Crippen molar-refractivity contribution in [2.45, 2.75) is 33.7 Å². The Morgan fingerprint density at radius 2 is 1.67 bits per heavy atom. The average molecular weight is 508 g/mol. The molecule has 2 aromatic carbocycles. The molecule has 0 fully saturated rings. The first-order valence-corrected chi connectivity index (χ1v) is 10.6. The molecule has 0 aromatic heterocycles. The van der Waals surface area contributed by atoms with E-state index >= 15 is 0 Å². The first-order valence-electron chi connectivity index (χ1n) is 10.6. The van der Waals surface area contributed by atoms with E-state index in [1.807, 2.05) is 13.0 Å². The van der Waals surface area contributed by atoms with Crippen molar-refractivity contribution < 1.29 is 37.2 Å². The largest absolute Gasteiger partial charge is 0.573 e. The van der Waals surface area contributed by atoms with Crippen LogP contribution in [0, 0.1) is 6.92 Å². The molecule has 194 valence electrons. The number of nitrogens with one attached hydrogen (secondary N) is 1. The number of benzene rings is 2. The van der Waals surface area contributed by atoms with Crippen LogP contribution < -0.4 is 10.1 Å². The average Bonchev–Trinajstić information content (AvgIpc) is 2.82. The van der Waals surface area contributed by atoms with Gasteiger partial charge in [-0.05, 0) is 38.5 Å². The number of hydrogen-bond donors (Lipinski definition) is 1. The van der Waals surface area contributed by atoms with Crippen LogP contribution >= 0.6 is 0 Å². The number of nitrogens with zero attached hydrogens (tertiary/aromatic N) is 3. The standard InChI is InChI=1S/C24H27F3N4O5/c1-14-8-7-9-19(22(31-34-6)23(32)28-4)20(14)13-35-30-16(3)18-11-10-17(15(2)29-33-5)12-21(18)36-24(25,26)27/h7-12H,13H2,1-6H3,(H,28,32)/b29-15-,30-16+,31-22+. The van der Waals surface area contributed by atoms with E-state index in [2.05, 4.69) is 30.4 Å². The third-order valence-corrected chi connectivity index (χ3v) is 4.94. The van der Waals surface area contributed by atoms with Crippen LogP contribution in [-0.4, -0.2) is 50.7 Å². The van der Waals surface area contributed by atoms with Crippen LogP contribution in [0.5, 0.6) is 5.75 Å². The van der Waals surface area contributed by atoms with Crippen LogP contribution in [-0.2, 0) is 25.9 Å². The van der Waals surface area contributed by atoms with Crippen LogP contribution in [0.4, 0.5) is 13.2 Å². The van der Waals surface area contributed by atoms with Crippen molar-refractivity contribution >= 4 is 23.0 Å². The van der Waals surface area contributed by atoms with Gasteiger partial charge in [-0.2, -0.15) is 0 Å². The number of aryl methyl sites for hydroxylation is 1. The van der Waals surface area contributed by atoms with Crippen molar-refractivity contribution in [3.05, 3.63) is 64.2 Å². The number of carbonyl (C=O) groups is 1. The number of hydrogen-bond acceptors (Lipinski definition) is 8. The minimum atomic E-state index is -4.92. The molecule has 0 bridgehead atoms. The van der Waals surface area contributed by atoms with Crippen molar-refractivity contribution in [2.75, 3.05) is 21.3 Å². The van der Waals surface area contributed by atoms with Gasteiger partial charge in [-0.3, -0.25) is 4.79 Å². The first-order chi connectivity index (χ1) is 17.0. The van der Waals surface area contributed by atoms with Crippen LogP contribution in [0.3, 0.4) is 0 Å². The summed E-state index contributed by atoms with van der Waals surface area (Å²) >= 11 is 0. The topological polar surface area (TPSA) is 103 Å². The molecular formula is C24H27F3N4O5. The van der Waals surface area contributed by atoms with E-state index < -0.39 is 18.0 Å². The molecule has 0 aliphatic carbocycles. The molecule has 2 rings (SSSR count). The van der Waals surface area contributed by atoms with Gasteiger partial charge < -0.3 is 24.6 Å². The number of ether oxygens (including phenoxy) is 1. The normalized spacial score (nSPS) is 12.8. The van der Waals surface area contributed by atoms with Crippen LogP contribution in [0.15, 0.2) is 51.9 Å². The Morgan fingerprint density at radius 1 is 0.972 bits per heavy atom. The molecule has 36 heavy (non-hydrogen) atoms. The predicted molar refractivity (Wildman–Crippen MR) is 128 cm³/mol. The van der Waals surface area contributed by atoms with Gasteiger partial charge in [0.2, 0.25) is 0 Å². The molecule has 1 N–H and O–H groups in total. The highest BCUT2D eigenvalue weighted by Gasteiger charge is 2.32. The van der Waals surface area contributed by atoms with E-state index in [-0.39, 0.29) is 23.6 Å². The van der Waals surface area contributed by atoms with Gasteiger partial charge in [-0.25, -0.2) is 0 Å². The fourth-order valence-corrected chi connectivity index (χ4v) is 3.23. The summed E-state index contributed by atoms with van der Waals surface area (Å²) in [6.45, 7) is 4.78. The highest BCUT2D eigenvalue weighted by atomic mass is 19.4. The zero-order valence-corrected chi connectivity index (χ0v) is 20.7. The predicted octanol–water partition coefficient (Wildman–Crippen LogP) is 4.30. The highest BCUT2D eigenvalue weighted by Crippen LogP contribution is 2.29. The van der Waals surface area contributed by atoms with Gasteiger partial charge >= 0.3 is 6.36 Å². The lowest BCUT2D eigenvalue weighted by molar-refractivity contribution is -0.274. The van der Waals surface area contributed by atoms with E-state index in [1.165, 1.54) is 40.3 Å². The summed E-state index contributed by atoms with van der Waals surface area (Å²) in [5.41, 5.74) is 2.81. The molecule has 1 amide bonds. The summed E-state index contributed by atoms with van der Waals surface area (Å²) in [7, 11) is 4.11. The van der Waals surface area contributed by atoms with Crippen molar-refractivity contribution in [3.8, 4) is 5.75 Å². The second-order valence-electron chi connectivity index (χ2n) is 7.37. The van der Waals surface area contributed by atoms with Crippen LogP contribution in [0.2, 0.25) is 0 Å². The minimum Gasteiger partial charge on any atom is -0.405 e. The van der Waals surface area contributed by atoms with Crippen molar-refractivity contribution in [1.82, 2.24) is 5.32 Å². The van der Waals surface area contributed by atoms with E-state index in [0.717, 1.165) is 5.56 Å². The third-order valence-electron chi connectivity index (χ3n) is 4.94. The van der Waals surface area contributed by atoms with E-state index in [1.54, 1.807) is 25.1 Å². The molecule has 9 nitrogen and oxygen atoms in total. The smallest absolute Gasteiger partial charge is 0.405 e. The van der Waals surface area contributed by atoms with Crippen LogP contribution in [0.1, 0.15) is 41.7 Å². The van der Waals surface area contributed by atoms with Crippen LogP contribution in [0.25, 0.3) is 0 Å². The maximum atomic E-state index is 13.1. The molecule has 0 aliphatic heterocycles. The lowest BCUT2D eigenvalue weighted by Crippen LogP contribution is -2.29. The molecule has 0 aliphatic rings. The Kier molecular flexibility index (Phi) is 9.83. The number of carbonyl (C=O) groups excluding carboxylic acids is 1. The zero-order valence-electron chi connectivity index (χ0n) is 20.7. The Hall–Kier alpha value is -4.09. The van der Waals surface area contributed by atoms with E-state index in [0.29, 0.717) is 22.4 Å². The molecule has 0 unspecified atom stereocenters. The molecule has 0 atom stereocenters. The summed E-state index contributed by atoms with van der Waals surface area (Å²) in [6.07, 6.45) is -4.92. The molecule has 2 aromatic rings. The second kappa shape index (κ2) is 12.6. The number of halogens is 3. The Labute approximate surface area is 206 Å². The third kappa shape index (κ3) is 7.45. The quantitative estimate of drug-likeness (QED) is 0.381. The number of rotatable bonds is 10. The number of likely N-dealkylation sites (N-methyl/N-ethyl adjacent to an activating group) is 1. The number of oxime groups is 3. The van der Waals surface area contributed by atoms with Gasteiger partial charge in [0, 0.05) is 29.3 Å². The molecule has 0 spiro atoms. The van der Waals surface area contributed by atoms with E-state index in [9.17, 15) is 18.0 Å². The van der Waals surface area contributed by atoms with Gasteiger partial charge in [0.25, 0.3) is 5.91 Å². The lowest BCUT2D eigenvalue weighted by Gasteiger charge is -2.15. The molecule has 0 saturated heterocycles. The number of alkyl halides is 3. The van der Waals surface area contributed by atoms with Crippen molar-refractivity contribution in [3.63, 3.8) is 0 Å². The summed E-state index contributed by atoms with van der Waals surface area (Å²) in [4.78, 5) is 27.3. The Bertz CT molecular complexity index is 1180. The van der Waals surface area contributed by atoms with Crippen molar-refractivity contribution in [1.29, 1.82) is 0 Å². The van der Waals surface area contributed by atoms with Gasteiger partial charge in [-0.1, -0.05) is 39.7 Å².